The molecule has 1 fully saturated rings. The van der Waals surface area contributed by atoms with Gasteiger partial charge < -0.3 is 20.1 Å². The van der Waals surface area contributed by atoms with Crippen molar-refractivity contribution in [3.05, 3.63) is 35.9 Å². The van der Waals surface area contributed by atoms with Crippen LogP contribution in [-0.4, -0.2) is 49.7 Å². The van der Waals surface area contributed by atoms with Gasteiger partial charge in [0.25, 0.3) is 0 Å². The summed E-state index contributed by atoms with van der Waals surface area (Å²) in [7, 11) is 1.65. The van der Waals surface area contributed by atoms with E-state index in [0.29, 0.717) is 12.4 Å². The number of methoxy groups -OCH3 is 1. The molecule has 10 nitrogen and oxygen atoms in total. The van der Waals surface area contributed by atoms with Crippen molar-refractivity contribution >= 4 is 23.2 Å². The number of fused-ring (bicyclic) bond motifs is 1. The second-order valence-electron chi connectivity index (χ2n) is 10.2. The molecule has 10 heteroatoms. The number of aromatic nitrogens is 5. The van der Waals surface area contributed by atoms with Crippen molar-refractivity contribution in [3.63, 3.8) is 0 Å². The van der Waals surface area contributed by atoms with Crippen molar-refractivity contribution in [2.24, 2.45) is 0 Å². The summed E-state index contributed by atoms with van der Waals surface area (Å²) in [6.07, 6.45) is 5.62. The number of carbonyl (C=O) groups excluding carboxylic acids is 1. The fourth-order valence-electron chi connectivity index (χ4n) is 4.34. The van der Waals surface area contributed by atoms with Gasteiger partial charge in [0.05, 0.1) is 23.5 Å². The molecule has 1 amide bonds. The lowest BCUT2D eigenvalue weighted by Gasteiger charge is -2.22. The lowest BCUT2D eigenvalue weighted by molar-refractivity contribution is 0.0981. The molecule has 3 aromatic rings. The number of rotatable bonds is 7. The minimum absolute atomic E-state index is 0.0558. The first-order valence-electron chi connectivity index (χ1n) is 11.8. The van der Waals surface area contributed by atoms with Crippen molar-refractivity contribution in [2.45, 2.75) is 84.1 Å². The smallest absolute Gasteiger partial charge is 0.407 e. The Morgan fingerprint density at radius 2 is 2.03 bits per heavy atom. The molecule has 3 aromatic heterocycles. The molecule has 1 aliphatic carbocycles. The van der Waals surface area contributed by atoms with Crippen molar-refractivity contribution < 1.29 is 14.3 Å². The van der Waals surface area contributed by atoms with Crippen molar-refractivity contribution in [2.75, 3.05) is 12.4 Å². The zero-order valence-corrected chi connectivity index (χ0v) is 20.8. The quantitative estimate of drug-likeness (QED) is 0.530. The number of alkyl carbamates (subject to hydrolysis) is 1. The van der Waals surface area contributed by atoms with Crippen LogP contribution >= 0.6 is 0 Å². The fourth-order valence-corrected chi connectivity index (χ4v) is 4.34. The molecule has 34 heavy (non-hydrogen) atoms. The molecule has 1 aliphatic rings. The summed E-state index contributed by atoms with van der Waals surface area (Å²) in [6, 6.07) is 4.11. The first-order valence-corrected chi connectivity index (χ1v) is 11.8. The van der Waals surface area contributed by atoms with Crippen LogP contribution in [0, 0.1) is 0 Å². The van der Waals surface area contributed by atoms with E-state index in [1.165, 1.54) is 0 Å². The van der Waals surface area contributed by atoms with Crippen LogP contribution in [0.25, 0.3) is 5.52 Å². The Bertz CT molecular complexity index is 1150. The Hall–Kier alpha value is -3.14. The van der Waals surface area contributed by atoms with E-state index in [9.17, 15) is 4.79 Å². The summed E-state index contributed by atoms with van der Waals surface area (Å²) >= 11 is 0. The molecule has 0 unspecified atom stereocenters. The van der Waals surface area contributed by atoms with Crippen molar-refractivity contribution in [1.29, 1.82) is 0 Å². The van der Waals surface area contributed by atoms with Gasteiger partial charge in [0, 0.05) is 37.5 Å². The third-order valence-corrected chi connectivity index (χ3v) is 5.83. The van der Waals surface area contributed by atoms with Gasteiger partial charge >= 0.3 is 6.09 Å². The molecule has 0 bridgehead atoms. The average Bonchev–Trinajstić information content (AvgIpc) is 3.45. The molecule has 0 saturated heterocycles. The maximum atomic E-state index is 12.0. The van der Waals surface area contributed by atoms with E-state index in [4.69, 9.17) is 14.6 Å². The summed E-state index contributed by atoms with van der Waals surface area (Å²) in [5.41, 5.74) is 2.46. The zero-order valence-electron chi connectivity index (χ0n) is 20.8. The monoisotopic (exact) mass is 469 g/mol. The highest BCUT2D eigenvalue weighted by Gasteiger charge is 2.32. The first-order chi connectivity index (χ1) is 16.1. The van der Waals surface area contributed by atoms with Gasteiger partial charge in [-0.2, -0.15) is 10.2 Å². The summed E-state index contributed by atoms with van der Waals surface area (Å²) in [5, 5.41) is 15.8. The summed E-state index contributed by atoms with van der Waals surface area (Å²) < 4.78 is 14.6. The second kappa shape index (κ2) is 9.61. The SMILES string of the molecule is COCc1cc2c(Nc3cc([C@H]4CC[C@@H](OC(=O)NC(C)C)C4)nn3C(C)(C)C)nccn2n1. The van der Waals surface area contributed by atoms with Crippen LogP contribution in [0.15, 0.2) is 24.5 Å². The van der Waals surface area contributed by atoms with Gasteiger partial charge in [-0.1, -0.05) is 0 Å². The molecular weight excluding hydrogens is 434 g/mol. The Labute approximate surface area is 200 Å². The number of hydrogen-bond donors (Lipinski definition) is 2. The van der Waals surface area contributed by atoms with Crippen molar-refractivity contribution in [1.82, 2.24) is 29.7 Å². The van der Waals surface area contributed by atoms with Crippen LogP contribution in [0.3, 0.4) is 0 Å². The third-order valence-electron chi connectivity index (χ3n) is 5.83. The molecule has 184 valence electrons. The van der Waals surface area contributed by atoms with E-state index >= 15 is 0 Å². The number of nitrogens with one attached hydrogen (secondary N) is 2. The summed E-state index contributed by atoms with van der Waals surface area (Å²) in [6.45, 7) is 10.6. The highest BCUT2D eigenvalue weighted by molar-refractivity contribution is 5.72. The van der Waals surface area contributed by atoms with Gasteiger partial charge in [-0.15, -0.1) is 0 Å². The fraction of sp³-hybridized carbons (Fsp3) is 0.583. The predicted octanol–water partition coefficient (Wildman–Crippen LogP) is 4.34. The normalized spacial score (nSPS) is 18.6. The summed E-state index contributed by atoms with van der Waals surface area (Å²) in [4.78, 5) is 16.6. The number of amides is 1. The third kappa shape index (κ3) is 5.32. The van der Waals surface area contributed by atoms with Crippen LogP contribution in [0.4, 0.5) is 16.4 Å². The molecule has 1 saturated carbocycles. The highest BCUT2D eigenvalue weighted by atomic mass is 16.6. The molecule has 0 spiro atoms. The Morgan fingerprint density at radius 1 is 1.24 bits per heavy atom. The van der Waals surface area contributed by atoms with Gasteiger partial charge in [-0.25, -0.2) is 19.0 Å². The number of anilines is 2. The number of ether oxygens (including phenoxy) is 2. The lowest BCUT2D eigenvalue weighted by atomic mass is 10.0. The van der Waals surface area contributed by atoms with E-state index < -0.39 is 0 Å². The number of nitrogens with zero attached hydrogens (tertiary/aromatic N) is 5. The molecule has 3 heterocycles. The van der Waals surface area contributed by atoms with Gasteiger partial charge in [0.15, 0.2) is 5.82 Å². The van der Waals surface area contributed by atoms with Crippen molar-refractivity contribution in [3.8, 4) is 0 Å². The van der Waals surface area contributed by atoms with E-state index in [-0.39, 0.29) is 29.7 Å². The largest absolute Gasteiger partial charge is 0.446 e. The van der Waals surface area contributed by atoms with Crippen LogP contribution in [0.1, 0.15) is 71.2 Å². The van der Waals surface area contributed by atoms with Gasteiger partial charge in [-0.05, 0) is 59.9 Å². The predicted molar refractivity (Wildman–Crippen MR) is 129 cm³/mol. The Balaban J connectivity index is 1.56. The minimum Gasteiger partial charge on any atom is -0.446 e. The Kier molecular flexibility index (Phi) is 6.79. The summed E-state index contributed by atoms with van der Waals surface area (Å²) in [5.74, 6) is 1.79. The topological polar surface area (TPSA) is 108 Å². The molecule has 4 rings (SSSR count). The van der Waals surface area contributed by atoms with E-state index in [0.717, 1.165) is 42.0 Å². The van der Waals surface area contributed by atoms with Crippen LogP contribution < -0.4 is 10.6 Å². The highest BCUT2D eigenvalue weighted by Crippen LogP contribution is 2.38. The van der Waals surface area contributed by atoms with Gasteiger partial charge in [-0.3, -0.25) is 0 Å². The van der Waals surface area contributed by atoms with E-state index in [1.54, 1.807) is 17.8 Å². The molecule has 2 N–H and O–H groups in total. The standard InChI is InChI=1S/C24H35N7O3/c1-15(2)26-23(32)34-18-8-7-16(11-18)19-13-21(31(29-19)24(3,4)5)27-22-20-12-17(14-33-6)28-30(20)10-9-25-22/h9-10,12-13,15-16,18H,7-8,11,14H2,1-6H3,(H,25,27)(H,26,32)/t16-,18+/m0/s1. The maximum absolute atomic E-state index is 12.0. The zero-order chi connectivity index (χ0) is 24.5. The van der Waals surface area contributed by atoms with E-state index in [1.807, 2.05) is 30.8 Å². The Morgan fingerprint density at radius 3 is 2.74 bits per heavy atom. The first kappa shape index (κ1) is 24.0. The number of hydrogen-bond acceptors (Lipinski definition) is 7. The van der Waals surface area contributed by atoms with Gasteiger partial charge in [0.1, 0.15) is 17.4 Å². The second-order valence-corrected chi connectivity index (χ2v) is 10.2. The van der Waals surface area contributed by atoms with E-state index in [2.05, 4.69) is 47.6 Å². The maximum Gasteiger partial charge on any atom is 0.407 e. The molecule has 0 aromatic carbocycles. The molecular formula is C24H35N7O3. The van der Waals surface area contributed by atoms with Crippen LogP contribution in [0.5, 0.6) is 0 Å². The van der Waals surface area contributed by atoms with Crippen LogP contribution in [-0.2, 0) is 21.6 Å². The minimum atomic E-state index is -0.351. The van der Waals surface area contributed by atoms with Crippen LogP contribution in [0.2, 0.25) is 0 Å². The molecule has 2 atom stereocenters. The van der Waals surface area contributed by atoms with Gasteiger partial charge in [0.2, 0.25) is 0 Å². The molecule has 0 aliphatic heterocycles. The average molecular weight is 470 g/mol. The lowest BCUT2D eigenvalue weighted by Crippen LogP contribution is -2.33. The molecule has 0 radical (unpaired) electrons. The number of carbonyl (C=O) groups is 1.